The van der Waals surface area contributed by atoms with Crippen LogP contribution in [0.25, 0.3) is 0 Å². The normalized spacial score (nSPS) is 12.6. The first-order valence-corrected chi connectivity index (χ1v) is 10.9. The Morgan fingerprint density at radius 1 is 1.11 bits per heavy atom. The summed E-state index contributed by atoms with van der Waals surface area (Å²) in [7, 11) is -2.56. The van der Waals surface area contributed by atoms with Crippen molar-refractivity contribution in [2.24, 2.45) is 0 Å². The zero-order valence-electron chi connectivity index (χ0n) is 15.4. The lowest BCUT2D eigenvalue weighted by Gasteiger charge is -2.19. The summed E-state index contributed by atoms with van der Waals surface area (Å²) < 4.78 is 27.0. The summed E-state index contributed by atoms with van der Waals surface area (Å²) in [6, 6.07) is 12.4. The zero-order chi connectivity index (χ0) is 20.9. The summed E-state index contributed by atoms with van der Waals surface area (Å²) in [5.74, 6) is -1.87. The summed E-state index contributed by atoms with van der Waals surface area (Å²) in [4.78, 5) is 23.8. The summed E-state index contributed by atoms with van der Waals surface area (Å²) in [5, 5.41) is 11.8. The third-order valence-electron chi connectivity index (χ3n) is 4.08. The SMILES string of the molecule is Cc1ccc(S(=O)(=O)N(C)CC(=O)N[C@@H](Cc2ccc(I)cc2)C(=O)O)cc1. The number of aryl methyl sites for hydroxylation is 1. The van der Waals surface area contributed by atoms with Crippen LogP contribution in [0.15, 0.2) is 53.4 Å². The molecule has 9 heteroatoms. The molecule has 1 atom stereocenters. The lowest BCUT2D eigenvalue weighted by Crippen LogP contribution is -2.46. The predicted octanol–water partition coefficient (Wildman–Crippen LogP) is 2.03. The van der Waals surface area contributed by atoms with Crippen LogP contribution in [0.5, 0.6) is 0 Å². The molecule has 0 spiro atoms. The maximum absolute atomic E-state index is 12.6. The fourth-order valence-electron chi connectivity index (χ4n) is 2.47. The van der Waals surface area contributed by atoms with Gasteiger partial charge in [0.2, 0.25) is 15.9 Å². The number of hydrogen-bond donors (Lipinski definition) is 2. The van der Waals surface area contributed by atoms with Gasteiger partial charge in [-0.2, -0.15) is 4.31 Å². The molecule has 2 rings (SSSR count). The number of sulfonamides is 1. The van der Waals surface area contributed by atoms with Gasteiger partial charge >= 0.3 is 5.97 Å². The molecule has 2 N–H and O–H groups in total. The number of likely N-dealkylation sites (N-methyl/N-ethyl adjacent to an activating group) is 1. The van der Waals surface area contributed by atoms with E-state index in [0.29, 0.717) is 0 Å². The lowest BCUT2D eigenvalue weighted by molar-refractivity contribution is -0.141. The zero-order valence-corrected chi connectivity index (χ0v) is 18.4. The minimum absolute atomic E-state index is 0.0714. The molecule has 0 aliphatic rings. The van der Waals surface area contributed by atoms with Crippen molar-refractivity contribution in [3.63, 3.8) is 0 Å². The first-order chi connectivity index (χ1) is 13.1. The number of nitrogens with zero attached hydrogens (tertiary/aromatic N) is 1. The Kier molecular flexibility index (Phi) is 7.55. The van der Waals surface area contributed by atoms with Crippen molar-refractivity contribution in [2.75, 3.05) is 13.6 Å². The highest BCUT2D eigenvalue weighted by Crippen LogP contribution is 2.15. The van der Waals surface area contributed by atoms with E-state index >= 15 is 0 Å². The van der Waals surface area contributed by atoms with E-state index in [1.54, 1.807) is 24.3 Å². The maximum atomic E-state index is 12.6. The van der Waals surface area contributed by atoms with Gasteiger partial charge in [-0.15, -0.1) is 0 Å². The highest BCUT2D eigenvalue weighted by Gasteiger charge is 2.26. The monoisotopic (exact) mass is 516 g/mol. The number of halogens is 1. The smallest absolute Gasteiger partial charge is 0.326 e. The van der Waals surface area contributed by atoms with Crippen molar-refractivity contribution in [1.82, 2.24) is 9.62 Å². The Bertz CT molecular complexity index is 943. The predicted molar refractivity (Wildman–Crippen MR) is 113 cm³/mol. The van der Waals surface area contributed by atoms with Crippen LogP contribution in [0.4, 0.5) is 0 Å². The average molecular weight is 516 g/mol. The second-order valence-corrected chi connectivity index (χ2v) is 9.65. The van der Waals surface area contributed by atoms with Crippen LogP contribution < -0.4 is 5.32 Å². The molecule has 0 heterocycles. The summed E-state index contributed by atoms with van der Waals surface area (Å²) >= 11 is 2.14. The van der Waals surface area contributed by atoms with Gasteiger partial charge in [0.05, 0.1) is 11.4 Å². The Labute approximate surface area is 177 Å². The molecule has 0 fully saturated rings. The molecule has 2 aromatic rings. The van der Waals surface area contributed by atoms with Crippen LogP contribution in [-0.2, 0) is 26.0 Å². The van der Waals surface area contributed by atoms with Gasteiger partial charge < -0.3 is 10.4 Å². The van der Waals surface area contributed by atoms with Gasteiger partial charge in [0.25, 0.3) is 0 Å². The van der Waals surface area contributed by atoms with E-state index in [9.17, 15) is 23.1 Å². The van der Waals surface area contributed by atoms with E-state index in [2.05, 4.69) is 27.9 Å². The first kappa shape index (κ1) is 22.3. The topological polar surface area (TPSA) is 104 Å². The molecule has 0 radical (unpaired) electrons. The maximum Gasteiger partial charge on any atom is 0.326 e. The molecule has 1 amide bonds. The van der Waals surface area contributed by atoms with Gasteiger partial charge in [-0.1, -0.05) is 29.8 Å². The molecule has 0 unspecified atom stereocenters. The van der Waals surface area contributed by atoms with Crippen molar-refractivity contribution in [3.8, 4) is 0 Å². The number of aliphatic carboxylic acids is 1. The Balaban J connectivity index is 2.04. The minimum atomic E-state index is -3.85. The fourth-order valence-corrected chi connectivity index (χ4v) is 3.96. The Hall–Kier alpha value is -1.98. The molecule has 7 nitrogen and oxygen atoms in total. The van der Waals surface area contributed by atoms with Gasteiger partial charge in [-0.25, -0.2) is 13.2 Å². The molecule has 0 saturated carbocycles. The number of benzene rings is 2. The minimum Gasteiger partial charge on any atom is -0.480 e. The third kappa shape index (κ3) is 6.01. The fraction of sp³-hybridized carbons (Fsp3) is 0.263. The second-order valence-electron chi connectivity index (χ2n) is 6.36. The molecule has 0 saturated heterocycles. The molecular weight excluding hydrogens is 495 g/mol. The van der Waals surface area contributed by atoms with E-state index in [0.717, 1.165) is 19.0 Å². The quantitative estimate of drug-likeness (QED) is 0.523. The number of amides is 1. The molecule has 0 aliphatic heterocycles. The summed E-state index contributed by atoms with van der Waals surface area (Å²) in [6.07, 6.45) is 0.104. The number of rotatable bonds is 8. The number of carbonyl (C=O) groups is 2. The van der Waals surface area contributed by atoms with E-state index in [4.69, 9.17) is 0 Å². The van der Waals surface area contributed by atoms with Gasteiger partial charge in [-0.3, -0.25) is 4.79 Å². The molecular formula is C19H21IN2O5S. The van der Waals surface area contributed by atoms with Gasteiger partial charge in [0.1, 0.15) is 6.04 Å². The van der Waals surface area contributed by atoms with Crippen molar-refractivity contribution in [2.45, 2.75) is 24.3 Å². The van der Waals surface area contributed by atoms with E-state index in [1.165, 1.54) is 19.2 Å². The summed E-state index contributed by atoms with van der Waals surface area (Å²) in [6.45, 7) is 1.36. The average Bonchev–Trinajstić information content (AvgIpc) is 2.63. The Morgan fingerprint density at radius 2 is 1.68 bits per heavy atom. The largest absolute Gasteiger partial charge is 0.480 e. The molecule has 28 heavy (non-hydrogen) atoms. The highest BCUT2D eigenvalue weighted by molar-refractivity contribution is 14.1. The van der Waals surface area contributed by atoms with Gasteiger partial charge in [0.15, 0.2) is 0 Å². The number of carboxylic acid groups (broad SMARTS) is 1. The van der Waals surface area contributed by atoms with Crippen LogP contribution in [0, 0.1) is 10.5 Å². The standard InChI is InChI=1S/C19H21IN2O5S/c1-13-3-9-16(10-4-13)28(26,27)22(2)12-18(23)21-17(19(24)25)11-14-5-7-15(20)8-6-14/h3-10,17H,11-12H2,1-2H3,(H,21,23)(H,24,25)/t17-/m0/s1. The molecule has 150 valence electrons. The summed E-state index contributed by atoms with van der Waals surface area (Å²) in [5.41, 5.74) is 1.67. The first-order valence-electron chi connectivity index (χ1n) is 8.39. The second kappa shape index (κ2) is 9.48. The van der Waals surface area contributed by atoms with Crippen molar-refractivity contribution >= 4 is 44.5 Å². The van der Waals surface area contributed by atoms with Crippen molar-refractivity contribution in [3.05, 3.63) is 63.2 Å². The van der Waals surface area contributed by atoms with Crippen LogP contribution in [0.1, 0.15) is 11.1 Å². The highest BCUT2D eigenvalue weighted by atomic mass is 127. The lowest BCUT2D eigenvalue weighted by atomic mass is 10.1. The van der Waals surface area contributed by atoms with Gasteiger partial charge in [0, 0.05) is 17.0 Å². The van der Waals surface area contributed by atoms with Crippen LogP contribution >= 0.6 is 22.6 Å². The molecule has 0 aliphatic carbocycles. The van der Waals surface area contributed by atoms with Crippen molar-refractivity contribution < 1.29 is 23.1 Å². The van der Waals surface area contributed by atoms with Gasteiger partial charge in [-0.05, 0) is 59.3 Å². The van der Waals surface area contributed by atoms with E-state index in [-0.39, 0.29) is 11.3 Å². The van der Waals surface area contributed by atoms with Crippen LogP contribution in [0.2, 0.25) is 0 Å². The Morgan fingerprint density at radius 3 is 2.21 bits per heavy atom. The van der Waals surface area contributed by atoms with E-state index < -0.39 is 34.5 Å². The molecule has 0 aromatic heterocycles. The number of nitrogens with one attached hydrogen (secondary N) is 1. The number of hydrogen-bond acceptors (Lipinski definition) is 4. The van der Waals surface area contributed by atoms with Crippen LogP contribution in [0.3, 0.4) is 0 Å². The molecule has 2 aromatic carbocycles. The molecule has 0 bridgehead atoms. The van der Waals surface area contributed by atoms with Crippen molar-refractivity contribution in [1.29, 1.82) is 0 Å². The number of carboxylic acids is 1. The van der Waals surface area contributed by atoms with E-state index in [1.807, 2.05) is 19.1 Å². The number of carbonyl (C=O) groups excluding carboxylic acids is 1. The van der Waals surface area contributed by atoms with Crippen LogP contribution in [-0.4, -0.2) is 49.3 Å². The third-order valence-corrected chi connectivity index (χ3v) is 6.62.